The number of aryl methyl sites for hydroxylation is 1. The van der Waals surface area contributed by atoms with Crippen molar-refractivity contribution in [2.45, 2.75) is 18.7 Å². The Hall–Kier alpha value is -1.87. The monoisotopic (exact) mass is 332 g/mol. The number of aliphatic hydroxyl groups is 1. The first-order chi connectivity index (χ1) is 10.2. The Kier molecular flexibility index (Phi) is 3.29. The highest BCUT2D eigenvalue weighted by Crippen LogP contribution is 2.39. The Morgan fingerprint density at radius 1 is 1.50 bits per heavy atom. The molecule has 0 bridgehead atoms. The van der Waals surface area contributed by atoms with Gasteiger partial charge in [0, 0.05) is 0 Å². The highest BCUT2D eigenvalue weighted by molar-refractivity contribution is 7.13. The maximum atomic E-state index is 12.6. The number of aromatic nitrogens is 1. The molecule has 0 spiro atoms. The van der Waals surface area contributed by atoms with Crippen molar-refractivity contribution in [1.29, 1.82) is 0 Å². The third kappa shape index (κ3) is 2.20. The van der Waals surface area contributed by atoms with Crippen LogP contribution in [0.4, 0.5) is 13.2 Å². The van der Waals surface area contributed by atoms with Crippen molar-refractivity contribution in [2.24, 2.45) is 0 Å². The van der Waals surface area contributed by atoms with Gasteiger partial charge in [0.15, 0.2) is 5.60 Å². The number of thiophene rings is 1. The van der Waals surface area contributed by atoms with Crippen LogP contribution in [-0.4, -0.2) is 45.9 Å². The lowest BCUT2D eigenvalue weighted by Gasteiger charge is -2.46. The van der Waals surface area contributed by atoms with Crippen LogP contribution in [0, 0.1) is 6.92 Å². The Morgan fingerprint density at radius 3 is 2.73 bits per heavy atom. The zero-order valence-corrected chi connectivity index (χ0v) is 12.2. The average Bonchev–Trinajstić information content (AvgIpc) is 3.01. The molecule has 0 aliphatic carbocycles. The largest absolute Gasteiger partial charge is 0.420 e. The number of carbonyl (C=O) groups excluding carboxylic acids is 1. The summed E-state index contributed by atoms with van der Waals surface area (Å²) >= 11 is 1.34. The minimum atomic E-state index is -4.76. The standard InChI is InChI=1S/C13H11F3N2O3S/c1-7-9(10(17-21-7)8-3-2-4-22-8)11(19)18-5-12(20,6-18)13(14,15)16/h2-4,20H,5-6H2,1H3. The van der Waals surface area contributed by atoms with Crippen molar-refractivity contribution < 1.29 is 27.6 Å². The summed E-state index contributed by atoms with van der Waals surface area (Å²) in [4.78, 5) is 14.0. The third-order valence-electron chi connectivity index (χ3n) is 3.55. The molecule has 1 fully saturated rings. The molecule has 1 aliphatic rings. The van der Waals surface area contributed by atoms with Crippen LogP contribution in [0.5, 0.6) is 0 Å². The van der Waals surface area contributed by atoms with E-state index in [-0.39, 0.29) is 11.3 Å². The summed E-state index contributed by atoms with van der Waals surface area (Å²) in [5.74, 6) is -0.396. The SMILES string of the molecule is Cc1onc(-c2cccs2)c1C(=O)N1CC(O)(C(F)(F)F)C1. The van der Waals surface area contributed by atoms with E-state index in [1.165, 1.54) is 18.3 Å². The van der Waals surface area contributed by atoms with E-state index in [9.17, 15) is 23.1 Å². The lowest BCUT2D eigenvalue weighted by atomic mass is 9.92. The minimum absolute atomic E-state index is 0.131. The lowest BCUT2D eigenvalue weighted by Crippen LogP contribution is -2.70. The summed E-state index contributed by atoms with van der Waals surface area (Å²) in [5, 5.41) is 15.0. The summed E-state index contributed by atoms with van der Waals surface area (Å²) in [6.07, 6.45) is -4.76. The van der Waals surface area contributed by atoms with Gasteiger partial charge in [0.1, 0.15) is 17.0 Å². The van der Waals surface area contributed by atoms with Gasteiger partial charge in [-0.15, -0.1) is 11.3 Å². The smallest absolute Gasteiger partial charge is 0.378 e. The number of rotatable bonds is 2. The van der Waals surface area contributed by atoms with Gasteiger partial charge in [0.05, 0.1) is 18.0 Å². The number of halogens is 3. The molecule has 3 rings (SSSR count). The van der Waals surface area contributed by atoms with Crippen molar-refractivity contribution in [3.63, 3.8) is 0 Å². The van der Waals surface area contributed by atoms with Crippen LogP contribution in [-0.2, 0) is 0 Å². The Bertz CT molecular complexity index is 703. The van der Waals surface area contributed by atoms with Crippen LogP contribution < -0.4 is 0 Å². The molecule has 3 heterocycles. The van der Waals surface area contributed by atoms with E-state index in [4.69, 9.17) is 4.52 Å². The molecule has 0 radical (unpaired) electrons. The number of alkyl halides is 3. The van der Waals surface area contributed by atoms with E-state index in [1.54, 1.807) is 17.5 Å². The first-order valence-corrected chi connectivity index (χ1v) is 7.19. The summed E-state index contributed by atoms with van der Waals surface area (Å²) in [7, 11) is 0. The maximum Gasteiger partial charge on any atom is 0.420 e. The molecule has 118 valence electrons. The second kappa shape index (κ2) is 4.82. The Balaban J connectivity index is 1.85. The van der Waals surface area contributed by atoms with Crippen molar-refractivity contribution in [2.75, 3.05) is 13.1 Å². The minimum Gasteiger partial charge on any atom is -0.378 e. The Labute approximate surface area is 126 Å². The first-order valence-electron chi connectivity index (χ1n) is 6.31. The van der Waals surface area contributed by atoms with E-state index in [0.717, 1.165) is 4.90 Å². The van der Waals surface area contributed by atoms with Gasteiger partial charge in [-0.25, -0.2) is 0 Å². The summed E-state index contributed by atoms with van der Waals surface area (Å²) in [5.41, 5.74) is -2.40. The number of β-amino-alcohol motifs (C(OH)–C–C–N with tert-alkyl or cyclic N) is 1. The van der Waals surface area contributed by atoms with Crippen molar-refractivity contribution >= 4 is 17.2 Å². The van der Waals surface area contributed by atoms with Crippen LogP contribution in [0.2, 0.25) is 0 Å². The Morgan fingerprint density at radius 2 is 2.18 bits per heavy atom. The van der Waals surface area contributed by atoms with Crippen molar-refractivity contribution in [3.05, 3.63) is 28.8 Å². The number of likely N-dealkylation sites (tertiary alicyclic amines) is 1. The molecule has 9 heteroatoms. The molecular formula is C13H11F3N2O3S. The quantitative estimate of drug-likeness (QED) is 0.917. The molecular weight excluding hydrogens is 321 g/mol. The van der Waals surface area contributed by atoms with Gasteiger partial charge < -0.3 is 14.5 Å². The highest BCUT2D eigenvalue weighted by atomic mass is 32.1. The molecule has 1 aliphatic heterocycles. The predicted octanol–water partition coefficient (Wildman–Crippen LogP) is 2.46. The van der Waals surface area contributed by atoms with Crippen LogP contribution in [0.3, 0.4) is 0 Å². The van der Waals surface area contributed by atoms with Gasteiger partial charge in [-0.3, -0.25) is 4.79 Å². The second-order valence-corrected chi connectivity index (χ2v) is 6.08. The van der Waals surface area contributed by atoms with Gasteiger partial charge in [0.25, 0.3) is 5.91 Å². The van der Waals surface area contributed by atoms with Gasteiger partial charge in [-0.2, -0.15) is 13.2 Å². The molecule has 1 N–H and O–H groups in total. The van der Waals surface area contributed by atoms with E-state index in [0.29, 0.717) is 10.6 Å². The molecule has 0 saturated carbocycles. The molecule has 2 aromatic rings. The van der Waals surface area contributed by atoms with Gasteiger partial charge in [-0.1, -0.05) is 11.2 Å². The van der Waals surface area contributed by atoms with Gasteiger partial charge in [0.2, 0.25) is 0 Å². The van der Waals surface area contributed by atoms with Crippen LogP contribution in [0.1, 0.15) is 16.1 Å². The first kappa shape index (κ1) is 15.0. The van der Waals surface area contributed by atoms with Crippen molar-refractivity contribution in [3.8, 4) is 10.6 Å². The molecule has 1 amide bonds. The lowest BCUT2D eigenvalue weighted by molar-refractivity contribution is -0.294. The topological polar surface area (TPSA) is 66.6 Å². The fourth-order valence-electron chi connectivity index (χ4n) is 2.27. The zero-order valence-electron chi connectivity index (χ0n) is 11.3. The molecule has 0 unspecified atom stereocenters. The van der Waals surface area contributed by atoms with E-state index in [1.807, 2.05) is 0 Å². The molecule has 22 heavy (non-hydrogen) atoms. The average molecular weight is 332 g/mol. The fourth-order valence-corrected chi connectivity index (χ4v) is 2.98. The third-order valence-corrected chi connectivity index (χ3v) is 4.43. The number of hydrogen-bond donors (Lipinski definition) is 1. The van der Waals surface area contributed by atoms with Crippen LogP contribution >= 0.6 is 11.3 Å². The second-order valence-electron chi connectivity index (χ2n) is 5.13. The van der Waals surface area contributed by atoms with Crippen LogP contribution in [0.25, 0.3) is 10.6 Å². The van der Waals surface area contributed by atoms with E-state index in [2.05, 4.69) is 5.16 Å². The van der Waals surface area contributed by atoms with Gasteiger partial charge in [-0.05, 0) is 18.4 Å². The summed E-state index contributed by atoms with van der Waals surface area (Å²) < 4.78 is 42.9. The molecule has 0 aromatic carbocycles. The summed E-state index contributed by atoms with van der Waals surface area (Å²) in [6, 6.07) is 3.51. The normalized spacial score (nSPS) is 17.4. The zero-order chi connectivity index (χ0) is 16.1. The maximum absolute atomic E-state index is 12.6. The number of hydrogen-bond acceptors (Lipinski definition) is 5. The molecule has 2 aromatic heterocycles. The van der Waals surface area contributed by atoms with E-state index >= 15 is 0 Å². The van der Waals surface area contributed by atoms with Crippen LogP contribution in [0.15, 0.2) is 22.0 Å². The predicted molar refractivity (Wildman–Crippen MR) is 71.5 cm³/mol. The number of amides is 1. The molecule has 1 saturated heterocycles. The molecule has 5 nitrogen and oxygen atoms in total. The van der Waals surface area contributed by atoms with Gasteiger partial charge >= 0.3 is 6.18 Å². The highest BCUT2D eigenvalue weighted by Gasteiger charge is 2.62. The number of nitrogens with zero attached hydrogens (tertiary/aromatic N) is 2. The molecule has 0 atom stereocenters. The fraction of sp³-hybridized carbons (Fsp3) is 0.385. The van der Waals surface area contributed by atoms with Crippen molar-refractivity contribution in [1.82, 2.24) is 10.1 Å². The van der Waals surface area contributed by atoms with E-state index < -0.39 is 30.8 Å². The number of carbonyl (C=O) groups is 1. The summed E-state index contributed by atoms with van der Waals surface area (Å²) in [6.45, 7) is -0.0548.